The van der Waals surface area contributed by atoms with E-state index in [2.05, 4.69) is 20.3 Å². The Bertz CT molecular complexity index is 1170. The number of hydrogen-bond acceptors (Lipinski definition) is 8. The fourth-order valence-corrected chi connectivity index (χ4v) is 4.55. The number of benzene rings is 2. The van der Waals surface area contributed by atoms with Gasteiger partial charge in [0.05, 0.1) is 10.5 Å². The molecule has 0 atom stereocenters. The lowest BCUT2D eigenvalue weighted by Crippen LogP contribution is -2.32. The van der Waals surface area contributed by atoms with Crippen molar-refractivity contribution >= 4 is 45.2 Å². The first-order chi connectivity index (χ1) is 16.2. The van der Waals surface area contributed by atoms with Crippen LogP contribution in [0, 0.1) is 0 Å². The second-order valence-corrected chi connectivity index (χ2v) is 9.41. The Morgan fingerprint density at radius 3 is 2.12 bits per heavy atom. The molecule has 3 rings (SSSR count). The van der Waals surface area contributed by atoms with E-state index in [1.807, 2.05) is 26.0 Å². The molecule has 2 aromatic carbocycles. The standard InChI is InChI=1S/C13H19NO4S.C9H8ClN5/c1-3-9-14(10-4-2)19(17,18)12-7-5-11(6-8-12)13(15)16;10-6-1-3-7(4-2-6)14-9-13-5-12-8(11)15-9/h5-8H,3-4,9-10H2,1-2H3,(H,15,16);1-5H,(H3,11,12,13,14,15). The fourth-order valence-electron chi connectivity index (χ4n) is 2.80. The van der Waals surface area contributed by atoms with Crippen molar-refractivity contribution in [2.45, 2.75) is 31.6 Å². The van der Waals surface area contributed by atoms with E-state index in [0.717, 1.165) is 18.5 Å². The number of carboxylic acids is 1. The van der Waals surface area contributed by atoms with E-state index < -0.39 is 16.0 Å². The second kappa shape index (κ2) is 12.8. The molecule has 0 amide bonds. The summed E-state index contributed by atoms with van der Waals surface area (Å²) >= 11 is 5.75. The predicted molar refractivity (Wildman–Crippen MR) is 132 cm³/mol. The van der Waals surface area contributed by atoms with Crippen LogP contribution in [0.15, 0.2) is 59.8 Å². The maximum absolute atomic E-state index is 12.4. The van der Waals surface area contributed by atoms with Gasteiger partial charge in [0.2, 0.25) is 21.9 Å². The number of nitrogens with two attached hydrogens (primary N) is 1. The minimum absolute atomic E-state index is 0.0801. The summed E-state index contributed by atoms with van der Waals surface area (Å²) in [6, 6.07) is 12.5. The largest absolute Gasteiger partial charge is 0.478 e. The third-order valence-corrected chi connectivity index (χ3v) is 6.54. The Morgan fingerprint density at radius 2 is 1.62 bits per heavy atom. The molecular formula is C22H27ClN6O4S. The molecule has 0 saturated carbocycles. The van der Waals surface area contributed by atoms with Gasteiger partial charge in [0, 0.05) is 23.8 Å². The fraction of sp³-hybridized carbons (Fsp3) is 0.273. The van der Waals surface area contributed by atoms with Crippen molar-refractivity contribution in [2.75, 3.05) is 24.1 Å². The van der Waals surface area contributed by atoms with Crippen molar-refractivity contribution in [2.24, 2.45) is 0 Å². The average molecular weight is 507 g/mol. The van der Waals surface area contributed by atoms with Crippen LogP contribution >= 0.6 is 11.6 Å². The Kier molecular flexibility index (Phi) is 10.2. The Labute approximate surface area is 203 Å². The number of rotatable bonds is 9. The molecule has 0 spiro atoms. The normalized spacial score (nSPS) is 10.9. The third kappa shape index (κ3) is 7.94. The molecule has 10 nitrogen and oxygen atoms in total. The number of nitrogens with zero attached hydrogens (tertiary/aromatic N) is 4. The molecule has 182 valence electrons. The Balaban J connectivity index is 0.000000246. The smallest absolute Gasteiger partial charge is 0.335 e. The number of carbonyl (C=O) groups is 1. The molecule has 0 saturated heterocycles. The van der Waals surface area contributed by atoms with Crippen LogP contribution < -0.4 is 11.1 Å². The van der Waals surface area contributed by atoms with E-state index in [9.17, 15) is 13.2 Å². The van der Waals surface area contributed by atoms with Crippen LogP contribution in [0.25, 0.3) is 0 Å². The highest BCUT2D eigenvalue weighted by molar-refractivity contribution is 7.89. The molecule has 0 bridgehead atoms. The van der Waals surface area contributed by atoms with Crippen molar-refractivity contribution in [3.05, 3.63) is 65.4 Å². The van der Waals surface area contributed by atoms with Gasteiger partial charge in [-0.25, -0.2) is 23.2 Å². The van der Waals surface area contributed by atoms with Crippen molar-refractivity contribution in [3.63, 3.8) is 0 Å². The predicted octanol–water partition coefficient (Wildman–Crippen LogP) is 4.05. The van der Waals surface area contributed by atoms with Gasteiger partial charge in [0.1, 0.15) is 6.33 Å². The number of carboxylic acid groups (broad SMARTS) is 1. The van der Waals surface area contributed by atoms with E-state index >= 15 is 0 Å². The number of aromatic nitrogens is 3. The summed E-state index contributed by atoms with van der Waals surface area (Å²) in [4.78, 5) is 22.4. The van der Waals surface area contributed by atoms with Crippen LogP contribution in [0.3, 0.4) is 0 Å². The lowest BCUT2D eigenvalue weighted by molar-refractivity contribution is 0.0696. The van der Waals surface area contributed by atoms with Crippen molar-refractivity contribution in [1.29, 1.82) is 0 Å². The molecule has 0 fully saturated rings. The number of aromatic carboxylic acids is 1. The van der Waals surface area contributed by atoms with E-state index in [1.165, 1.54) is 34.9 Å². The van der Waals surface area contributed by atoms with Crippen LogP contribution in [0.1, 0.15) is 37.0 Å². The van der Waals surface area contributed by atoms with E-state index in [4.69, 9.17) is 22.4 Å². The minimum atomic E-state index is -3.53. The monoisotopic (exact) mass is 506 g/mol. The van der Waals surface area contributed by atoms with Crippen molar-refractivity contribution in [1.82, 2.24) is 19.3 Å². The second-order valence-electron chi connectivity index (χ2n) is 7.03. The van der Waals surface area contributed by atoms with Gasteiger partial charge >= 0.3 is 5.97 Å². The number of nitrogens with one attached hydrogen (secondary N) is 1. The summed E-state index contributed by atoms with van der Waals surface area (Å²) in [6.45, 7) is 4.78. The summed E-state index contributed by atoms with van der Waals surface area (Å²) in [5.74, 6) is -0.478. The van der Waals surface area contributed by atoms with Crippen molar-refractivity contribution < 1.29 is 18.3 Å². The number of hydrogen-bond donors (Lipinski definition) is 3. The van der Waals surface area contributed by atoms with Crippen LogP contribution in [-0.4, -0.2) is 51.8 Å². The molecule has 0 unspecified atom stereocenters. The first-order valence-corrected chi connectivity index (χ1v) is 12.3. The molecule has 0 aliphatic heterocycles. The zero-order valence-corrected chi connectivity index (χ0v) is 20.4. The molecule has 0 radical (unpaired) electrons. The summed E-state index contributed by atoms with van der Waals surface area (Å²) in [6.07, 6.45) is 2.83. The maximum atomic E-state index is 12.4. The number of nitrogen functional groups attached to an aromatic ring is 1. The summed E-state index contributed by atoms with van der Waals surface area (Å²) in [5, 5.41) is 12.4. The van der Waals surface area contributed by atoms with Gasteiger partial charge in [-0.3, -0.25) is 0 Å². The van der Waals surface area contributed by atoms with Crippen LogP contribution in [0.4, 0.5) is 17.6 Å². The third-order valence-electron chi connectivity index (χ3n) is 4.38. The van der Waals surface area contributed by atoms with Gasteiger partial charge in [-0.1, -0.05) is 25.4 Å². The lowest BCUT2D eigenvalue weighted by Gasteiger charge is -2.20. The maximum Gasteiger partial charge on any atom is 0.335 e. The minimum Gasteiger partial charge on any atom is -0.478 e. The molecule has 1 aromatic heterocycles. The highest BCUT2D eigenvalue weighted by Gasteiger charge is 2.23. The number of anilines is 3. The topological polar surface area (TPSA) is 151 Å². The average Bonchev–Trinajstić information content (AvgIpc) is 2.81. The highest BCUT2D eigenvalue weighted by Crippen LogP contribution is 2.18. The van der Waals surface area contributed by atoms with Crippen LogP contribution in [0.2, 0.25) is 5.02 Å². The van der Waals surface area contributed by atoms with E-state index in [-0.39, 0.29) is 16.4 Å². The SMILES string of the molecule is CCCN(CCC)S(=O)(=O)c1ccc(C(=O)O)cc1.Nc1ncnc(Nc2ccc(Cl)cc2)n1. The Hall–Kier alpha value is -3.28. The molecule has 12 heteroatoms. The molecule has 4 N–H and O–H groups in total. The van der Waals surface area contributed by atoms with Gasteiger partial charge in [-0.2, -0.15) is 9.29 Å². The van der Waals surface area contributed by atoms with Gasteiger partial charge in [0.25, 0.3) is 0 Å². The van der Waals surface area contributed by atoms with Crippen LogP contribution in [0.5, 0.6) is 0 Å². The number of halogens is 1. The highest BCUT2D eigenvalue weighted by atomic mass is 35.5. The molecule has 0 aliphatic rings. The van der Waals surface area contributed by atoms with Gasteiger partial charge in [-0.15, -0.1) is 0 Å². The molecule has 34 heavy (non-hydrogen) atoms. The lowest BCUT2D eigenvalue weighted by atomic mass is 10.2. The summed E-state index contributed by atoms with van der Waals surface area (Å²) in [7, 11) is -3.53. The summed E-state index contributed by atoms with van der Waals surface area (Å²) in [5.41, 5.74) is 6.33. The zero-order valence-electron chi connectivity index (χ0n) is 18.8. The summed E-state index contributed by atoms with van der Waals surface area (Å²) < 4.78 is 26.2. The first-order valence-electron chi connectivity index (χ1n) is 10.5. The molecule has 3 aromatic rings. The van der Waals surface area contributed by atoms with Gasteiger partial charge < -0.3 is 16.2 Å². The van der Waals surface area contributed by atoms with E-state index in [0.29, 0.717) is 24.1 Å². The van der Waals surface area contributed by atoms with Crippen molar-refractivity contribution in [3.8, 4) is 0 Å². The molecular weight excluding hydrogens is 480 g/mol. The Morgan fingerprint density at radius 1 is 1.03 bits per heavy atom. The van der Waals surface area contributed by atoms with Gasteiger partial charge in [-0.05, 0) is 61.4 Å². The number of sulfonamides is 1. The zero-order chi connectivity index (χ0) is 25.1. The molecule has 1 heterocycles. The first kappa shape index (κ1) is 27.0. The van der Waals surface area contributed by atoms with E-state index in [1.54, 1.807) is 12.1 Å². The van der Waals surface area contributed by atoms with Gasteiger partial charge in [0.15, 0.2) is 0 Å². The molecule has 0 aliphatic carbocycles. The quantitative estimate of drug-likeness (QED) is 0.390. The van der Waals surface area contributed by atoms with Crippen LogP contribution in [-0.2, 0) is 10.0 Å².